The highest BCUT2D eigenvalue weighted by atomic mass is 19.4. The number of nitrogens with zero attached hydrogens (tertiary/aromatic N) is 2. The number of piperidine rings is 1. The molecule has 3 atom stereocenters. The van der Waals surface area contributed by atoms with Gasteiger partial charge in [-0.15, -0.1) is 0 Å². The van der Waals surface area contributed by atoms with Gasteiger partial charge in [-0.1, -0.05) is 18.2 Å². The number of alkyl halides is 3. The first-order chi connectivity index (χ1) is 15.2. The van der Waals surface area contributed by atoms with Crippen LogP contribution in [-0.4, -0.2) is 78.5 Å². The highest BCUT2D eigenvalue weighted by Gasteiger charge is 2.43. The predicted octanol–water partition coefficient (Wildman–Crippen LogP) is 2.93. The van der Waals surface area contributed by atoms with Crippen LogP contribution in [0.5, 0.6) is 5.75 Å². The lowest BCUT2D eigenvalue weighted by molar-refractivity contribution is -0.192. The van der Waals surface area contributed by atoms with Gasteiger partial charge in [0, 0.05) is 31.7 Å². The van der Waals surface area contributed by atoms with E-state index in [2.05, 4.69) is 17.0 Å². The first-order valence-electron chi connectivity index (χ1n) is 10.8. The van der Waals surface area contributed by atoms with Crippen molar-refractivity contribution in [2.75, 3.05) is 33.3 Å². The molecule has 0 spiro atoms. The first-order valence-corrected chi connectivity index (χ1v) is 10.8. The van der Waals surface area contributed by atoms with Gasteiger partial charge in [0.25, 0.3) is 5.91 Å². The summed E-state index contributed by atoms with van der Waals surface area (Å²) in [7, 11) is 1.72. The number of carbonyl (C=O) groups is 2. The smallest absolute Gasteiger partial charge is 0.490 e. The van der Waals surface area contributed by atoms with E-state index in [9.17, 15) is 18.0 Å². The molecule has 3 aliphatic heterocycles. The maximum Gasteiger partial charge on any atom is 0.490 e. The van der Waals surface area contributed by atoms with Gasteiger partial charge < -0.3 is 19.5 Å². The van der Waals surface area contributed by atoms with E-state index in [1.165, 1.54) is 5.56 Å². The molecule has 3 fully saturated rings. The van der Waals surface area contributed by atoms with Gasteiger partial charge in [0.15, 0.2) is 0 Å². The Morgan fingerprint density at radius 1 is 1.19 bits per heavy atom. The number of carbonyl (C=O) groups excluding carboxylic acids is 1. The summed E-state index contributed by atoms with van der Waals surface area (Å²) in [4.78, 5) is 25.9. The average Bonchev–Trinajstić information content (AvgIpc) is 3.43. The van der Waals surface area contributed by atoms with Gasteiger partial charge in [-0.3, -0.25) is 9.69 Å². The van der Waals surface area contributed by atoms with Crippen molar-refractivity contribution in [3.05, 3.63) is 29.8 Å². The van der Waals surface area contributed by atoms with Gasteiger partial charge >= 0.3 is 12.1 Å². The van der Waals surface area contributed by atoms with Crippen LogP contribution in [0.1, 0.15) is 31.2 Å². The Labute approximate surface area is 185 Å². The maximum atomic E-state index is 12.6. The fraction of sp³-hybridized carbons (Fsp3) is 0.636. The van der Waals surface area contributed by atoms with Crippen LogP contribution in [0.3, 0.4) is 0 Å². The number of ether oxygens (including phenoxy) is 2. The normalized spacial score (nSPS) is 25.6. The Bertz CT molecular complexity index is 798. The van der Waals surface area contributed by atoms with Crippen LogP contribution in [-0.2, 0) is 20.9 Å². The molecule has 4 rings (SSSR count). The average molecular weight is 458 g/mol. The molecular formula is C22H29F3N2O5. The second kappa shape index (κ2) is 10.5. The number of likely N-dealkylation sites (tertiary alicyclic amines) is 2. The number of amides is 1. The fourth-order valence-electron chi connectivity index (χ4n) is 4.51. The molecule has 1 aromatic rings. The summed E-state index contributed by atoms with van der Waals surface area (Å²) in [6, 6.07) is 8.20. The van der Waals surface area contributed by atoms with E-state index < -0.39 is 12.1 Å². The molecule has 32 heavy (non-hydrogen) atoms. The van der Waals surface area contributed by atoms with E-state index in [1.54, 1.807) is 7.11 Å². The van der Waals surface area contributed by atoms with Crippen molar-refractivity contribution in [3.63, 3.8) is 0 Å². The number of hydrogen-bond donors (Lipinski definition) is 1. The molecule has 0 bridgehead atoms. The molecule has 0 aliphatic carbocycles. The van der Waals surface area contributed by atoms with Gasteiger partial charge in [-0.25, -0.2) is 4.79 Å². The molecule has 1 N–H and O–H groups in total. The van der Waals surface area contributed by atoms with E-state index in [4.69, 9.17) is 19.4 Å². The third-order valence-corrected chi connectivity index (χ3v) is 6.16. The highest BCUT2D eigenvalue weighted by molar-refractivity contribution is 5.81. The molecule has 10 heteroatoms. The van der Waals surface area contributed by atoms with Crippen LogP contribution in [0.25, 0.3) is 0 Å². The van der Waals surface area contributed by atoms with Crippen LogP contribution in [0, 0.1) is 5.92 Å². The van der Waals surface area contributed by atoms with E-state index in [0.717, 1.165) is 64.2 Å². The molecule has 0 radical (unpaired) electrons. The molecule has 3 saturated heterocycles. The Balaban J connectivity index is 0.000000360. The number of carboxylic acid groups (broad SMARTS) is 1. The number of para-hydroxylation sites is 1. The number of rotatable bonds is 4. The van der Waals surface area contributed by atoms with Crippen molar-refractivity contribution in [2.24, 2.45) is 5.92 Å². The molecule has 1 amide bonds. The van der Waals surface area contributed by atoms with Crippen LogP contribution >= 0.6 is 0 Å². The number of halogens is 3. The molecule has 3 heterocycles. The molecular weight excluding hydrogens is 429 g/mol. The zero-order valence-electron chi connectivity index (χ0n) is 18.0. The molecule has 7 nitrogen and oxygen atoms in total. The Hall–Kier alpha value is -2.33. The maximum absolute atomic E-state index is 12.6. The van der Waals surface area contributed by atoms with Gasteiger partial charge in [-0.2, -0.15) is 13.2 Å². The van der Waals surface area contributed by atoms with Crippen LogP contribution in [0.15, 0.2) is 24.3 Å². The minimum atomic E-state index is -5.08. The van der Waals surface area contributed by atoms with Crippen molar-refractivity contribution >= 4 is 11.9 Å². The summed E-state index contributed by atoms with van der Waals surface area (Å²) in [5.74, 6) is -1.06. The summed E-state index contributed by atoms with van der Waals surface area (Å²) in [5.41, 5.74) is 1.21. The zero-order valence-corrected chi connectivity index (χ0v) is 18.0. The third kappa shape index (κ3) is 6.13. The largest absolute Gasteiger partial charge is 0.496 e. The molecule has 0 unspecified atom stereocenters. The second-order valence-electron chi connectivity index (χ2n) is 8.33. The molecule has 178 valence electrons. The fourth-order valence-corrected chi connectivity index (χ4v) is 4.51. The first kappa shape index (κ1) is 24.3. The lowest BCUT2D eigenvalue weighted by Gasteiger charge is -2.34. The Kier molecular flexibility index (Phi) is 8.00. The SMILES string of the molecule is COc1ccccc1CN1CC[C@H]2C[C@H](C(=O)N3CCCC3)O[C@H]2C1.O=C(O)C(F)(F)F. The third-order valence-electron chi connectivity index (χ3n) is 6.16. The molecule has 0 aromatic heterocycles. The number of hydrogen-bond acceptors (Lipinski definition) is 5. The van der Waals surface area contributed by atoms with E-state index in [0.29, 0.717) is 5.92 Å². The summed E-state index contributed by atoms with van der Waals surface area (Å²) in [6.45, 7) is 4.67. The van der Waals surface area contributed by atoms with Crippen LogP contribution in [0.4, 0.5) is 13.2 Å². The summed E-state index contributed by atoms with van der Waals surface area (Å²) in [6.07, 6.45) is -0.804. The minimum absolute atomic E-state index is 0.194. The lowest BCUT2D eigenvalue weighted by Crippen LogP contribution is -2.42. The van der Waals surface area contributed by atoms with E-state index in [1.807, 2.05) is 17.0 Å². The van der Waals surface area contributed by atoms with Crippen molar-refractivity contribution in [1.82, 2.24) is 9.80 Å². The minimum Gasteiger partial charge on any atom is -0.496 e. The van der Waals surface area contributed by atoms with E-state index in [-0.39, 0.29) is 18.1 Å². The number of fused-ring (bicyclic) bond motifs is 1. The summed E-state index contributed by atoms with van der Waals surface area (Å²) < 4.78 is 43.4. The number of aliphatic carboxylic acids is 1. The predicted molar refractivity (Wildman–Crippen MR) is 109 cm³/mol. The van der Waals surface area contributed by atoms with Gasteiger partial charge in [0.05, 0.1) is 13.2 Å². The van der Waals surface area contributed by atoms with Gasteiger partial charge in [-0.05, 0) is 44.2 Å². The monoisotopic (exact) mass is 458 g/mol. The van der Waals surface area contributed by atoms with Crippen molar-refractivity contribution in [1.29, 1.82) is 0 Å². The quantitative estimate of drug-likeness (QED) is 0.748. The number of methoxy groups -OCH3 is 1. The Morgan fingerprint density at radius 3 is 2.47 bits per heavy atom. The van der Waals surface area contributed by atoms with Crippen LogP contribution < -0.4 is 4.74 Å². The topological polar surface area (TPSA) is 79.3 Å². The zero-order chi connectivity index (χ0) is 23.3. The number of carboxylic acids is 1. The Morgan fingerprint density at radius 2 is 1.84 bits per heavy atom. The van der Waals surface area contributed by atoms with Crippen molar-refractivity contribution in [2.45, 2.75) is 50.6 Å². The van der Waals surface area contributed by atoms with Crippen molar-refractivity contribution < 1.29 is 37.3 Å². The van der Waals surface area contributed by atoms with Crippen LogP contribution in [0.2, 0.25) is 0 Å². The lowest BCUT2D eigenvalue weighted by atomic mass is 9.91. The highest BCUT2D eigenvalue weighted by Crippen LogP contribution is 2.35. The molecule has 0 saturated carbocycles. The van der Waals surface area contributed by atoms with Gasteiger partial charge in [0.1, 0.15) is 11.9 Å². The summed E-state index contributed by atoms with van der Waals surface area (Å²) >= 11 is 0. The molecule has 3 aliphatic rings. The standard InChI is InChI=1S/C20H28N2O3.C2HF3O2/c1-24-17-7-3-2-6-16(17)13-21-11-8-15-12-18(25-19(15)14-21)20(23)22-9-4-5-10-22;3-2(4,5)1(6)7/h2-3,6-7,15,18-19H,4-5,8-14H2,1H3;(H,6,7)/t15-,18+,19-;/m0./s1. The van der Waals surface area contributed by atoms with Gasteiger partial charge in [0.2, 0.25) is 0 Å². The molecule has 1 aromatic carbocycles. The number of benzene rings is 1. The van der Waals surface area contributed by atoms with E-state index >= 15 is 0 Å². The second-order valence-corrected chi connectivity index (χ2v) is 8.33. The van der Waals surface area contributed by atoms with Crippen molar-refractivity contribution in [3.8, 4) is 5.75 Å². The summed E-state index contributed by atoms with van der Waals surface area (Å²) in [5, 5.41) is 7.12.